The average Bonchev–Trinajstić information content (AvgIpc) is 2.79. The van der Waals surface area contributed by atoms with Gasteiger partial charge in [0.05, 0.1) is 0 Å². The van der Waals surface area contributed by atoms with Crippen LogP contribution in [0.1, 0.15) is 40.9 Å². The van der Waals surface area contributed by atoms with Crippen LogP contribution < -0.4 is 10.6 Å². The van der Waals surface area contributed by atoms with Gasteiger partial charge in [-0.25, -0.2) is 9.37 Å². The zero-order valence-corrected chi connectivity index (χ0v) is 18.3. The van der Waals surface area contributed by atoms with E-state index in [1.54, 1.807) is 12.1 Å². The lowest BCUT2D eigenvalue weighted by Gasteiger charge is -2.26. The van der Waals surface area contributed by atoms with Crippen molar-refractivity contribution in [3.8, 4) is 0 Å². The molecule has 174 valence electrons. The minimum Gasteiger partial charge on any atom is -0.358 e. The third-order valence-corrected chi connectivity index (χ3v) is 5.28. The first-order valence-electron chi connectivity index (χ1n) is 10.0. The Morgan fingerprint density at radius 3 is 2.36 bits per heavy atom. The number of amides is 1. The molecule has 2 heterocycles. The molecule has 10 heteroatoms. The van der Waals surface area contributed by atoms with Crippen LogP contribution in [0, 0.1) is 5.82 Å². The topological polar surface area (TPSA) is 66.9 Å². The predicted octanol–water partition coefficient (Wildman–Crippen LogP) is 5.04. The maximum Gasteiger partial charge on any atom is 0.433 e. The smallest absolute Gasteiger partial charge is 0.358 e. The molecule has 0 saturated heterocycles. The molecule has 0 fully saturated rings. The first kappa shape index (κ1) is 24.6. The molecular weight excluding hydrogens is 460 g/mol. The number of benzene rings is 1. The maximum atomic E-state index is 13.4. The molecule has 0 radical (unpaired) electrons. The van der Waals surface area contributed by atoms with Crippen LogP contribution in [-0.4, -0.2) is 22.9 Å². The number of alkyl halides is 3. The summed E-state index contributed by atoms with van der Waals surface area (Å²) in [6.07, 6.45) is -0.991. The van der Waals surface area contributed by atoms with Gasteiger partial charge in [-0.15, -0.1) is 0 Å². The maximum absolute atomic E-state index is 13.4. The lowest BCUT2D eigenvalue weighted by atomic mass is 9.97. The predicted molar refractivity (Wildman–Crippen MR) is 116 cm³/mol. The van der Waals surface area contributed by atoms with Gasteiger partial charge in [0.15, 0.2) is 0 Å². The summed E-state index contributed by atoms with van der Waals surface area (Å²) in [6, 6.07) is 10.0. The van der Waals surface area contributed by atoms with Crippen molar-refractivity contribution < 1.29 is 22.4 Å². The summed E-state index contributed by atoms with van der Waals surface area (Å²) >= 11 is 6.05. The number of rotatable bonds is 8. The molecule has 3 rings (SSSR count). The van der Waals surface area contributed by atoms with E-state index in [2.05, 4.69) is 20.6 Å². The lowest BCUT2D eigenvalue weighted by Crippen LogP contribution is -2.38. The van der Waals surface area contributed by atoms with E-state index in [1.165, 1.54) is 49.8 Å². The molecule has 0 aliphatic rings. The van der Waals surface area contributed by atoms with Crippen LogP contribution in [0.3, 0.4) is 0 Å². The summed E-state index contributed by atoms with van der Waals surface area (Å²) in [5, 5.41) is 6.12. The van der Waals surface area contributed by atoms with E-state index in [0.29, 0.717) is 24.0 Å². The van der Waals surface area contributed by atoms with E-state index in [9.17, 15) is 22.4 Å². The highest BCUT2D eigenvalue weighted by Gasteiger charge is 2.32. The van der Waals surface area contributed by atoms with Crippen LogP contribution in [0.5, 0.6) is 0 Å². The van der Waals surface area contributed by atoms with Crippen molar-refractivity contribution in [2.45, 2.75) is 31.1 Å². The van der Waals surface area contributed by atoms with Crippen LogP contribution in [0.25, 0.3) is 0 Å². The normalized spacial score (nSPS) is 13.4. The van der Waals surface area contributed by atoms with Crippen LogP contribution in [0.15, 0.2) is 60.9 Å². The molecule has 2 atom stereocenters. The average molecular weight is 481 g/mol. The molecule has 0 saturated carbocycles. The number of nitrogens with one attached hydrogen (secondary N) is 2. The SMILES string of the molecule is CNC(=O)C(NC(CCc1ccc(C(F)(F)F)nc1)c1ccnc(Cl)c1)c1ccc(F)cc1. The van der Waals surface area contributed by atoms with Gasteiger partial charge in [0.1, 0.15) is 22.7 Å². The Morgan fingerprint density at radius 1 is 1.06 bits per heavy atom. The number of nitrogens with zero attached hydrogens (tertiary/aromatic N) is 2. The van der Waals surface area contributed by atoms with E-state index in [0.717, 1.165) is 11.6 Å². The van der Waals surface area contributed by atoms with Gasteiger partial charge < -0.3 is 5.32 Å². The number of likely N-dealkylation sites (N-methyl/N-ethyl adjacent to an activating group) is 1. The summed E-state index contributed by atoms with van der Waals surface area (Å²) in [5.74, 6) is -0.760. The first-order chi connectivity index (χ1) is 15.7. The summed E-state index contributed by atoms with van der Waals surface area (Å²) in [7, 11) is 1.49. The van der Waals surface area contributed by atoms with E-state index in [-0.39, 0.29) is 11.1 Å². The number of aryl methyl sites for hydroxylation is 1. The number of carbonyl (C=O) groups excluding carboxylic acids is 1. The third-order valence-electron chi connectivity index (χ3n) is 5.07. The van der Waals surface area contributed by atoms with Gasteiger partial charge in [-0.3, -0.25) is 15.1 Å². The van der Waals surface area contributed by atoms with Crippen molar-refractivity contribution >= 4 is 17.5 Å². The van der Waals surface area contributed by atoms with Crippen molar-refractivity contribution in [3.63, 3.8) is 0 Å². The Morgan fingerprint density at radius 2 is 1.79 bits per heavy atom. The van der Waals surface area contributed by atoms with Gasteiger partial charge in [-0.1, -0.05) is 29.8 Å². The number of carbonyl (C=O) groups is 1. The fraction of sp³-hybridized carbons (Fsp3) is 0.261. The van der Waals surface area contributed by atoms with Crippen molar-refractivity contribution in [1.82, 2.24) is 20.6 Å². The molecule has 0 bridgehead atoms. The zero-order chi connectivity index (χ0) is 24.0. The molecule has 0 aliphatic heterocycles. The largest absolute Gasteiger partial charge is 0.433 e. The number of aromatic nitrogens is 2. The third kappa shape index (κ3) is 6.72. The molecule has 2 N–H and O–H groups in total. The monoisotopic (exact) mass is 480 g/mol. The van der Waals surface area contributed by atoms with Gasteiger partial charge in [0, 0.05) is 25.5 Å². The Kier molecular flexibility index (Phi) is 7.99. The highest BCUT2D eigenvalue weighted by atomic mass is 35.5. The molecule has 1 aromatic carbocycles. The summed E-state index contributed by atoms with van der Waals surface area (Å²) in [4.78, 5) is 20.1. The number of pyridine rings is 2. The zero-order valence-electron chi connectivity index (χ0n) is 17.5. The van der Waals surface area contributed by atoms with Crippen LogP contribution in [0.4, 0.5) is 17.6 Å². The van der Waals surface area contributed by atoms with E-state index >= 15 is 0 Å². The van der Waals surface area contributed by atoms with Gasteiger partial charge in [-0.05, 0) is 59.9 Å². The van der Waals surface area contributed by atoms with Gasteiger partial charge in [0.25, 0.3) is 0 Å². The second kappa shape index (κ2) is 10.7. The lowest BCUT2D eigenvalue weighted by molar-refractivity contribution is -0.141. The first-order valence-corrected chi connectivity index (χ1v) is 10.4. The molecule has 3 aromatic rings. The second-order valence-electron chi connectivity index (χ2n) is 7.32. The van der Waals surface area contributed by atoms with Crippen molar-refractivity contribution in [2.75, 3.05) is 7.05 Å². The molecule has 2 unspecified atom stereocenters. The Bertz CT molecular complexity index is 1080. The van der Waals surface area contributed by atoms with Crippen molar-refractivity contribution in [1.29, 1.82) is 0 Å². The molecule has 2 aromatic heterocycles. The molecule has 1 amide bonds. The standard InChI is InChI=1S/C23H21ClF4N4O/c1-29-22(33)21(15-4-6-17(25)7-5-15)32-18(16-10-11-30-20(24)12-16)8-2-14-3-9-19(31-13-14)23(26,27)28/h3-7,9-13,18,21,32H,2,8H2,1H3,(H,29,33). The summed E-state index contributed by atoms with van der Waals surface area (Å²) < 4.78 is 51.7. The quantitative estimate of drug-likeness (QED) is 0.350. The molecule has 0 spiro atoms. The van der Waals surface area contributed by atoms with E-state index in [4.69, 9.17) is 11.6 Å². The Labute approximate surface area is 193 Å². The number of hydrogen-bond acceptors (Lipinski definition) is 4. The minimum absolute atomic E-state index is 0.258. The highest BCUT2D eigenvalue weighted by molar-refractivity contribution is 6.29. The fourth-order valence-corrected chi connectivity index (χ4v) is 3.54. The van der Waals surface area contributed by atoms with Crippen molar-refractivity contribution in [3.05, 3.63) is 94.3 Å². The van der Waals surface area contributed by atoms with Crippen LogP contribution in [-0.2, 0) is 17.4 Å². The van der Waals surface area contributed by atoms with Crippen LogP contribution in [0.2, 0.25) is 5.15 Å². The van der Waals surface area contributed by atoms with E-state index < -0.39 is 29.8 Å². The Hall–Kier alpha value is -3.04. The highest BCUT2D eigenvalue weighted by Crippen LogP contribution is 2.29. The summed E-state index contributed by atoms with van der Waals surface area (Å²) in [5.41, 5.74) is 0.939. The number of halogens is 5. The van der Waals surface area contributed by atoms with Gasteiger partial charge in [0.2, 0.25) is 5.91 Å². The van der Waals surface area contributed by atoms with E-state index in [1.807, 2.05) is 0 Å². The van der Waals surface area contributed by atoms with Crippen LogP contribution >= 0.6 is 11.6 Å². The molecule has 33 heavy (non-hydrogen) atoms. The fourth-order valence-electron chi connectivity index (χ4n) is 3.36. The Balaban J connectivity index is 1.85. The number of hydrogen-bond donors (Lipinski definition) is 2. The van der Waals surface area contributed by atoms with Gasteiger partial charge >= 0.3 is 6.18 Å². The minimum atomic E-state index is -4.51. The van der Waals surface area contributed by atoms with Gasteiger partial charge in [-0.2, -0.15) is 13.2 Å². The molecular formula is C23H21ClF4N4O. The molecule has 5 nitrogen and oxygen atoms in total. The summed E-state index contributed by atoms with van der Waals surface area (Å²) in [6.45, 7) is 0. The second-order valence-corrected chi connectivity index (χ2v) is 7.71. The molecule has 0 aliphatic carbocycles. The van der Waals surface area contributed by atoms with Crippen molar-refractivity contribution in [2.24, 2.45) is 0 Å².